The van der Waals surface area contributed by atoms with Crippen molar-refractivity contribution in [2.24, 2.45) is 11.7 Å². The summed E-state index contributed by atoms with van der Waals surface area (Å²) in [7, 11) is 0. The van der Waals surface area contributed by atoms with Gasteiger partial charge in [0, 0.05) is 25.3 Å². The van der Waals surface area contributed by atoms with Crippen LogP contribution in [0, 0.1) is 5.92 Å². The number of alkyl halides is 3. The zero-order valence-electron chi connectivity index (χ0n) is 11.0. The van der Waals surface area contributed by atoms with Crippen molar-refractivity contribution in [3.63, 3.8) is 0 Å². The van der Waals surface area contributed by atoms with Crippen molar-refractivity contribution in [2.45, 2.75) is 32.5 Å². The SMILES string of the molecule is CCC1CCN(c2ccc(C(F)(F)F)c(CN)c2)C1. The molecule has 1 saturated heterocycles. The van der Waals surface area contributed by atoms with Crippen LogP contribution in [0.15, 0.2) is 18.2 Å². The van der Waals surface area contributed by atoms with Gasteiger partial charge >= 0.3 is 6.18 Å². The molecule has 2 rings (SSSR count). The van der Waals surface area contributed by atoms with Crippen molar-refractivity contribution >= 4 is 5.69 Å². The number of anilines is 1. The van der Waals surface area contributed by atoms with Crippen LogP contribution in [-0.4, -0.2) is 13.1 Å². The molecule has 0 radical (unpaired) electrons. The Morgan fingerprint density at radius 3 is 2.63 bits per heavy atom. The quantitative estimate of drug-likeness (QED) is 0.913. The highest BCUT2D eigenvalue weighted by atomic mass is 19.4. The Kier molecular flexibility index (Phi) is 4.04. The van der Waals surface area contributed by atoms with Crippen LogP contribution in [0.1, 0.15) is 30.9 Å². The van der Waals surface area contributed by atoms with Crippen molar-refractivity contribution in [1.29, 1.82) is 0 Å². The molecule has 0 bridgehead atoms. The Labute approximate surface area is 111 Å². The van der Waals surface area contributed by atoms with E-state index < -0.39 is 11.7 Å². The highest BCUT2D eigenvalue weighted by Gasteiger charge is 2.33. The second-order valence-electron chi connectivity index (χ2n) is 5.05. The highest BCUT2D eigenvalue weighted by molar-refractivity contribution is 5.52. The van der Waals surface area contributed by atoms with Crippen LogP contribution in [0.4, 0.5) is 18.9 Å². The Bertz CT molecular complexity index is 443. The summed E-state index contributed by atoms with van der Waals surface area (Å²) in [6.07, 6.45) is -2.11. The first-order valence-electron chi connectivity index (χ1n) is 6.60. The number of nitrogens with zero attached hydrogens (tertiary/aromatic N) is 1. The molecule has 106 valence electrons. The molecule has 1 unspecified atom stereocenters. The first-order valence-corrected chi connectivity index (χ1v) is 6.60. The van der Waals surface area contributed by atoms with Gasteiger partial charge < -0.3 is 10.6 Å². The van der Waals surface area contributed by atoms with Crippen LogP contribution in [0.3, 0.4) is 0 Å². The topological polar surface area (TPSA) is 29.3 Å². The average Bonchev–Trinajstić information content (AvgIpc) is 2.85. The maximum Gasteiger partial charge on any atom is 0.416 e. The molecule has 2 N–H and O–H groups in total. The molecule has 0 saturated carbocycles. The van der Waals surface area contributed by atoms with Gasteiger partial charge in [0.25, 0.3) is 0 Å². The maximum absolute atomic E-state index is 12.8. The predicted molar refractivity (Wildman–Crippen MR) is 69.9 cm³/mol. The molecule has 0 spiro atoms. The smallest absolute Gasteiger partial charge is 0.371 e. The third kappa shape index (κ3) is 3.03. The summed E-state index contributed by atoms with van der Waals surface area (Å²) in [4.78, 5) is 2.15. The van der Waals surface area contributed by atoms with Gasteiger partial charge in [-0.3, -0.25) is 0 Å². The summed E-state index contributed by atoms with van der Waals surface area (Å²) < 4.78 is 38.4. The van der Waals surface area contributed by atoms with Gasteiger partial charge in [-0.1, -0.05) is 13.3 Å². The monoisotopic (exact) mass is 272 g/mol. The number of nitrogens with two attached hydrogens (primary N) is 1. The van der Waals surface area contributed by atoms with Crippen molar-refractivity contribution < 1.29 is 13.2 Å². The average molecular weight is 272 g/mol. The molecule has 1 heterocycles. The highest BCUT2D eigenvalue weighted by Crippen LogP contribution is 2.35. The fourth-order valence-electron chi connectivity index (χ4n) is 2.62. The second kappa shape index (κ2) is 5.41. The van der Waals surface area contributed by atoms with E-state index in [2.05, 4.69) is 11.8 Å². The largest absolute Gasteiger partial charge is 0.416 e. The van der Waals surface area contributed by atoms with Crippen molar-refractivity contribution in [1.82, 2.24) is 0 Å². The lowest BCUT2D eigenvalue weighted by molar-refractivity contribution is -0.138. The summed E-state index contributed by atoms with van der Waals surface area (Å²) in [5.74, 6) is 0.642. The standard InChI is InChI=1S/C14H19F3N2/c1-2-10-5-6-19(9-10)12-3-4-13(14(15,16)17)11(7-12)8-18/h3-4,7,10H,2,5-6,8-9,18H2,1H3. The van der Waals surface area contributed by atoms with Crippen LogP contribution in [0.25, 0.3) is 0 Å². The van der Waals surface area contributed by atoms with E-state index in [1.54, 1.807) is 12.1 Å². The summed E-state index contributed by atoms with van der Waals surface area (Å²) in [5, 5.41) is 0. The molecular weight excluding hydrogens is 253 g/mol. The first kappa shape index (κ1) is 14.2. The molecule has 1 aromatic rings. The van der Waals surface area contributed by atoms with Crippen LogP contribution >= 0.6 is 0 Å². The Hall–Kier alpha value is -1.23. The molecule has 0 aromatic heterocycles. The van der Waals surface area contributed by atoms with E-state index in [4.69, 9.17) is 5.73 Å². The predicted octanol–water partition coefficient (Wildman–Crippen LogP) is 3.40. The van der Waals surface area contributed by atoms with E-state index in [1.807, 2.05) is 0 Å². The molecule has 1 aromatic carbocycles. The minimum atomic E-state index is -4.33. The van der Waals surface area contributed by atoms with Gasteiger partial charge in [-0.15, -0.1) is 0 Å². The fourth-order valence-corrected chi connectivity index (χ4v) is 2.62. The number of hydrogen-bond acceptors (Lipinski definition) is 2. The Morgan fingerprint density at radius 2 is 2.11 bits per heavy atom. The zero-order chi connectivity index (χ0) is 14.0. The van der Waals surface area contributed by atoms with Gasteiger partial charge in [-0.2, -0.15) is 13.2 Å². The third-order valence-corrected chi connectivity index (χ3v) is 3.84. The molecule has 19 heavy (non-hydrogen) atoms. The van der Waals surface area contributed by atoms with Crippen LogP contribution in [-0.2, 0) is 12.7 Å². The molecule has 1 fully saturated rings. The van der Waals surface area contributed by atoms with Gasteiger partial charge in [0.2, 0.25) is 0 Å². The lowest BCUT2D eigenvalue weighted by Gasteiger charge is -2.21. The number of benzene rings is 1. The normalized spacial score (nSPS) is 20.1. The van der Waals surface area contributed by atoms with Gasteiger partial charge in [0.15, 0.2) is 0 Å². The number of rotatable bonds is 3. The number of halogens is 3. The molecule has 0 aliphatic carbocycles. The summed E-state index contributed by atoms with van der Waals surface area (Å²) in [6.45, 7) is 3.89. The summed E-state index contributed by atoms with van der Waals surface area (Å²) in [6, 6.07) is 4.29. The van der Waals surface area contributed by atoms with Crippen LogP contribution in [0.5, 0.6) is 0 Å². The molecule has 5 heteroatoms. The van der Waals surface area contributed by atoms with Gasteiger partial charge in [-0.25, -0.2) is 0 Å². The lowest BCUT2D eigenvalue weighted by Crippen LogP contribution is -2.21. The van der Waals surface area contributed by atoms with Crippen molar-refractivity contribution in [3.05, 3.63) is 29.3 Å². The van der Waals surface area contributed by atoms with E-state index in [0.717, 1.165) is 37.7 Å². The third-order valence-electron chi connectivity index (χ3n) is 3.84. The zero-order valence-corrected chi connectivity index (χ0v) is 11.0. The van der Waals surface area contributed by atoms with Gasteiger partial charge in [-0.05, 0) is 36.1 Å². The molecule has 1 aliphatic rings. The number of hydrogen-bond donors (Lipinski definition) is 1. The Balaban J connectivity index is 2.25. The fraction of sp³-hybridized carbons (Fsp3) is 0.571. The van der Waals surface area contributed by atoms with E-state index >= 15 is 0 Å². The van der Waals surface area contributed by atoms with E-state index in [9.17, 15) is 13.2 Å². The first-order chi connectivity index (χ1) is 8.95. The van der Waals surface area contributed by atoms with Crippen LogP contribution in [0.2, 0.25) is 0 Å². The van der Waals surface area contributed by atoms with Crippen molar-refractivity contribution in [3.8, 4) is 0 Å². The molecule has 1 aliphatic heterocycles. The minimum absolute atomic E-state index is 0.0896. The summed E-state index contributed by atoms with van der Waals surface area (Å²) >= 11 is 0. The van der Waals surface area contributed by atoms with E-state index in [1.165, 1.54) is 0 Å². The summed E-state index contributed by atoms with van der Waals surface area (Å²) in [5.41, 5.74) is 5.85. The molecule has 0 amide bonds. The maximum atomic E-state index is 12.8. The van der Waals surface area contributed by atoms with Gasteiger partial charge in [0.1, 0.15) is 0 Å². The lowest BCUT2D eigenvalue weighted by atomic mass is 10.1. The van der Waals surface area contributed by atoms with E-state index in [0.29, 0.717) is 5.92 Å². The Morgan fingerprint density at radius 1 is 1.37 bits per heavy atom. The second-order valence-corrected chi connectivity index (χ2v) is 5.05. The van der Waals surface area contributed by atoms with Gasteiger partial charge in [0.05, 0.1) is 5.56 Å². The molecule has 2 nitrogen and oxygen atoms in total. The molecular formula is C14H19F3N2. The molecule has 1 atom stereocenters. The van der Waals surface area contributed by atoms with Crippen LogP contribution < -0.4 is 10.6 Å². The van der Waals surface area contributed by atoms with Crippen molar-refractivity contribution in [2.75, 3.05) is 18.0 Å². The minimum Gasteiger partial charge on any atom is -0.371 e. The van der Waals surface area contributed by atoms with E-state index in [-0.39, 0.29) is 12.1 Å².